The normalized spacial score (nSPS) is 19.6. The number of hydrogen-bond donors (Lipinski definition) is 2. The van der Waals surface area contributed by atoms with Crippen molar-refractivity contribution in [2.75, 3.05) is 17.6 Å². The van der Waals surface area contributed by atoms with E-state index in [9.17, 15) is 9.18 Å². The van der Waals surface area contributed by atoms with E-state index < -0.39 is 0 Å². The van der Waals surface area contributed by atoms with Gasteiger partial charge in [0.15, 0.2) is 0 Å². The first-order chi connectivity index (χ1) is 11.1. The number of carbonyl (C=O) groups excluding carboxylic acids is 1. The van der Waals surface area contributed by atoms with Crippen molar-refractivity contribution in [3.8, 4) is 0 Å². The van der Waals surface area contributed by atoms with Gasteiger partial charge in [0.1, 0.15) is 11.6 Å². The minimum Gasteiger partial charge on any atom is -0.385 e. The molecule has 2 heterocycles. The van der Waals surface area contributed by atoms with Gasteiger partial charge in [-0.2, -0.15) is 0 Å². The molecule has 1 aromatic heterocycles. The molecular formula is C17H19FN4O. The summed E-state index contributed by atoms with van der Waals surface area (Å²) in [5.74, 6) is -0.197. The van der Waals surface area contributed by atoms with E-state index in [0.29, 0.717) is 24.5 Å². The van der Waals surface area contributed by atoms with Gasteiger partial charge in [0.25, 0.3) is 5.91 Å². The number of fused-ring (bicyclic) bond motifs is 2. The van der Waals surface area contributed by atoms with Crippen molar-refractivity contribution in [3.63, 3.8) is 0 Å². The first-order valence-corrected chi connectivity index (χ1v) is 8.09. The molecule has 6 heteroatoms. The summed E-state index contributed by atoms with van der Waals surface area (Å²) in [5, 5.41) is 7.47. The fraction of sp³-hybridized carbons (Fsp3) is 0.412. The van der Waals surface area contributed by atoms with Crippen LogP contribution >= 0.6 is 0 Å². The third kappa shape index (κ3) is 2.29. The number of nitrogen functional groups attached to an aromatic ring is 1. The maximum absolute atomic E-state index is 13.4. The van der Waals surface area contributed by atoms with Crippen LogP contribution in [0.3, 0.4) is 0 Å². The number of hydrogen-bond acceptors (Lipinski definition) is 4. The van der Waals surface area contributed by atoms with Crippen molar-refractivity contribution in [1.29, 1.82) is 0 Å². The van der Waals surface area contributed by atoms with Crippen molar-refractivity contribution >= 4 is 17.4 Å². The lowest BCUT2D eigenvalue weighted by molar-refractivity contribution is 0.0852. The van der Waals surface area contributed by atoms with E-state index in [1.807, 2.05) is 0 Å². The average molecular weight is 314 g/mol. The summed E-state index contributed by atoms with van der Waals surface area (Å²) in [6.45, 7) is 0.645. The quantitative estimate of drug-likeness (QED) is 0.849. The highest BCUT2D eigenvalue weighted by molar-refractivity contribution is 5.89. The number of anilines is 2. The first kappa shape index (κ1) is 14.2. The van der Waals surface area contributed by atoms with E-state index in [-0.39, 0.29) is 17.6 Å². The molecule has 0 radical (unpaired) electrons. The molecule has 1 unspecified atom stereocenters. The van der Waals surface area contributed by atoms with Gasteiger partial charge in [-0.1, -0.05) is 6.07 Å². The van der Waals surface area contributed by atoms with Gasteiger partial charge in [-0.15, -0.1) is 5.10 Å². The van der Waals surface area contributed by atoms with Crippen LogP contribution < -0.4 is 11.1 Å². The summed E-state index contributed by atoms with van der Waals surface area (Å²) in [6, 6.07) is 4.54. The van der Waals surface area contributed by atoms with Crippen molar-refractivity contribution in [2.24, 2.45) is 0 Å². The summed E-state index contributed by atoms with van der Waals surface area (Å²) in [5.41, 5.74) is 9.52. The van der Waals surface area contributed by atoms with Crippen LogP contribution in [0, 0.1) is 5.82 Å². The molecule has 1 aromatic carbocycles. The van der Waals surface area contributed by atoms with Gasteiger partial charge in [-0.05, 0) is 49.8 Å². The van der Waals surface area contributed by atoms with Crippen LogP contribution in [0.4, 0.5) is 15.9 Å². The highest BCUT2D eigenvalue weighted by atomic mass is 19.1. The van der Waals surface area contributed by atoms with Crippen molar-refractivity contribution in [1.82, 2.24) is 9.78 Å². The van der Waals surface area contributed by atoms with Gasteiger partial charge in [0.2, 0.25) is 0 Å². The molecule has 1 atom stereocenters. The molecule has 1 aliphatic heterocycles. The molecule has 4 rings (SSSR count). The SMILES string of the molecule is Nc1nn(C(=O)C2CCNc3cc(F)ccc32)c2c1CCCC2. The number of nitrogens with zero attached hydrogens (tertiary/aromatic N) is 2. The number of halogens is 1. The minimum absolute atomic E-state index is 0.0609. The Morgan fingerprint density at radius 2 is 2.17 bits per heavy atom. The third-order valence-corrected chi connectivity index (χ3v) is 4.86. The monoisotopic (exact) mass is 314 g/mol. The van der Waals surface area contributed by atoms with Crippen LogP contribution in [-0.4, -0.2) is 22.2 Å². The van der Waals surface area contributed by atoms with E-state index in [4.69, 9.17) is 5.73 Å². The second kappa shape index (κ2) is 5.37. The molecule has 0 saturated heterocycles. The number of nitrogens with one attached hydrogen (secondary N) is 1. The van der Waals surface area contributed by atoms with Crippen molar-refractivity contribution in [2.45, 2.75) is 38.0 Å². The van der Waals surface area contributed by atoms with E-state index in [1.54, 1.807) is 6.07 Å². The molecule has 0 saturated carbocycles. The molecule has 1 aliphatic carbocycles. The smallest absolute Gasteiger partial charge is 0.254 e. The molecule has 0 bridgehead atoms. The van der Waals surface area contributed by atoms with Crippen LogP contribution in [0.25, 0.3) is 0 Å². The molecule has 0 spiro atoms. The van der Waals surface area contributed by atoms with Crippen molar-refractivity contribution < 1.29 is 9.18 Å². The number of rotatable bonds is 1. The lowest BCUT2D eigenvalue weighted by Crippen LogP contribution is -2.29. The Morgan fingerprint density at radius 3 is 3.04 bits per heavy atom. The number of benzene rings is 1. The molecule has 2 aromatic rings. The van der Waals surface area contributed by atoms with E-state index >= 15 is 0 Å². The summed E-state index contributed by atoms with van der Waals surface area (Å²) >= 11 is 0. The summed E-state index contributed by atoms with van der Waals surface area (Å²) < 4.78 is 14.9. The molecule has 0 amide bonds. The highest BCUT2D eigenvalue weighted by Gasteiger charge is 2.31. The van der Waals surface area contributed by atoms with Crippen molar-refractivity contribution in [3.05, 3.63) is 40.8 Å². The lowest BCUT2D eigenvalue weighted by Gasteiger charge is -2.26. The third-order valence-electron chi connectivity index (χ3n) is 4.86. The molecule has 120 valence electrons. The molecule has 23 heavy (non-hydrogen) atoms. The fourth-order valence-electron chi connectivity index (χ4n) is 3.71. The average Bonchev–Trinajstić information content (AvgIpc) is 2.91. The number of aromatic nitrogens is 2. The van der Waals surface area contributed by atoms with Gasteiger partial charge in [0.05, 0.1) is 11.6 Å². The van der Waals surface area contributed by atoms with Crippen LogP contribution in [0.2, 0.25) is 0 Å². The van der Waals surface area contributed by atoms with Crippen LogP contribution in [-0.2, 0) is 12.8 Å². The maximum atomic E-state index is 13.4. The molecule has 0 fully saturated rings. The Hall–Kier alpha value is -2.37. The van der Waals surface area contributed by atoms with E-state index in [1.165, 1.54) is 16.8 Å². The highest BCUT2D eigenvalue weighted by Crippen LogP contribution is 2.35. The Labute approximate surface area is 133 Å². The topological polar surface area (TPSA) is 72.9 Å². The Morgan fingerprint density at radius 1 is 1.35 bits per heavy atom. The van der Waals surface area contributed by atoms with Gasteiger partial charge in [-0.25, -0.2) is 9.07 Å². The second-order valence-corrected chi connectivity index (χ2v) is 6.27. The summed E-state index contributed by atoms with van der Waals surface area (Å²) in [6.07, 6.45) is 4.55. The largest absolute Gasteiger partial charge is 0.385 e. The number of nitrogens with two attached hydrogens (primary N) is 1. The Bertz CT molecular complexity index is 783. The summed E-state index contributed by atoms with van der Waals surface area (Å²) in [7, 11) is 0. The van der Waals surface area contributed by atoms with Gasteiger partial charge >= 0.3 is 0 Å². The predicted molar refractivity (Wildman–Crippen MR) is 86.2 cm³/mol. The van der Waals surface area contributed by atoms with Gasteiger partial charge in [0, 0.05) is 17.8 Å². The molecule has 3 N–H and O–H groups in total. The first-order valence-electron chi connectivity index (χ1n) is 8.09. The van der Waals surface area contributed by atoms with E-state index in [2.05, 4.69) is 10.4 Å². The van der Waals surface area contributed by atoms with Gasteiger partial charge < -0.3 is 11.1 Å². The van der Waals surface area contributed by atoms with Gasteiger partial charge in [-0.3, -0.25) is 4.79 Å². The molecular weight excluding hydrogens is 295 g/mol. The fourth-order valence-corrected chi connectivity index (χ4v) is 3.71. The zero-order valence-electron chi connectivity index (χ0n) is 12.8. The van der Waals surface area contributed by atoms with E-state index in [0.717, 1.165) is 42.5 Å². The molecule has 2 aliphatic rings. The van der Waals surface area contributed by atoms with Crippen LogP contribution in [0.15, 0.2) is 18.2 Å². The maximum Gasteiger partial charge on any atom is 0.254 e. The van der Waals surface area contributed by atoms with Crippen LogP contribution in [0.1, 0.15) is 46.8 Å². The second-order valence-electron chi connectivity index (χ2n) is 6.27. The standard InChI is InChI=1S/C17H19FN4O/c18-10-5-6-11-12(7-8-20-14(11)9-10)17(23)22-15-4-2-1-3-13(15)16(19)21-22/h5-6,9,12,20H,1-4,7-8H2,(H2,19,21). The van der Waals surface area contributed by atoms with Crippen LogP contribution in [0.5, 0.6) is 0 Å². The Balaban J connectivity index is 1.74. The summed E-state index contributed by atoms with van der Waals surface area (Å²) in [4.78, 5) is 13.1. The minimum atomic E-state index is -0.308. The zero-order valence-corrected chi connectivity index (χ0v) is 12.8. The molecule has 5 nitrogen and oxygen atoms in total. The lowest BCUT2D eigenvalue weighted by atomic mass is 9.89. The number of carbonyl (C=O) groups is 1. The Kier molecular flexibility index (Phi) is 3.32. The zero-order chi connectivity index (χ0) is 16.0. The predicted octanol–water partition coefficient (Wildman–Crippen LogP) is 2.72.